The monoisotopic (exact) mass is 384 g/mol. The number of anilines is 2. The van der Waals surface area contributed by atoms with Crippen molar-refractivity contribution in [1.29, 1.82) is 0 Å². The maximum atomic E-state index is 6.15. The molecule has 8 heteroatoms. The van der Waals surface area contributed by atoms with E-state index in [4.69, 9.17) is 9.47 Å². The zero-order valence-electron chi connectivity index (χ0n) is 16.3. The first-order chi connectivity index (χ1) is 13.7. The summed E-state index contributed by atoms with van der Waals surface area (Å²) in [4.78, 5) is 11.4. The summed E-state index contributed by atoms with van der Waals surface area (Å²) < 4.78 is 11.6. The largest absolute Gasteiger partial charge is 0.473 e. The van der Waals surface area contributed by atoms with Crippen LogP contribution in [0.3, 0.4) is 0 Å². The Morgan fingerprint density at radius 1 is 1.14 bits per heavy atom. The van der Waals surface area contributed by atoms with E-state index < -0.39 is 0 Å². The summed E-state index contributed by atoms with van der Waals surface area (Å²) in [5, 5.41) is 10.6. The van der Waals surface area contributed by atoms with Crippen molar-refractivity contribution in [2.75, 3.05) is 25.6 Å². The third-order valence-corrected chi connectivity index (χ3v) is 6.44. The molecule has 0 aliphatic carbocycles. The van der Waals surface area contributed by atoms with Gasteiger partial charge in [-0.3, -0.25) is 5.10 Å². The molecule has 3 atom stereocenters. The average Bonchev–Trinajstić information content (AvgIpc) is 3.36. The smallest absolute Gasteiger partial charge is 0.232 e. The molecule has 5 heterocycles. The predicted octanol–water partition coefficient (Wildman–Crippen LogP) is 2.84. The van der Waals surface area contributed by atoms with Gasteiger partial charge in [0, 0.05) is 36.4 Å². The van der Waals surface area contributed by atoms with E-state index in [9.17, 15) is 0 Å². The van der Waals surface area contributed by atoms with Gasteiger partial charge in [-0.1, -0.05) is 6.42 Å². The van der Waals surface area contributed by atoms with Crippen LogP contribution in [0.25, 0.3) is 0 Å². The lowest BCUT2D eigenvalue weighted by atomic mass is 9.83. The summed E-state index contributed by atoms with van der Waals surface area (Å²) in [7, 11) is 2.26. The quantitative estimate of drug-likeness (QED) is 0.819. The molecule has 0 saturated carbocycles. The summed E-state index contributed by atoms with van der Waals surface area (Å²) in [6.45, 7) is 1.57. The Labute approximate surface area is 165 Å². The third kappa shape index (κ3) is 3.71. The van der Waals surface area contributed by atoms with Crippen LogP contribution in [0.1, 0.15) is 50.1 Å². The van der Waals surface area contributed by atoms with Crippen molar-refractivity contribution in [2.24, 2.45) is 0 Å². The highest BCUT2D eigenvalue weighted by Gasteiger charge is 2.37. The second-order valence-corrected chi connectivity index (χ2v) is 8.25. The maximum absolute atomic E-state index is 6.15. The average molecular weight is 384 g/mol. The number of hydrogen-bond donors (Lipinski definition) is 2. The van der Waals surface area contributed by atoms with E-state index in [1.807, 2.05) is 6.07 Å². The Kier molecular flexibility index (Phi) is 4.90. The van der Waals surface area contributed by atoms with Gasteiger partial charge in [0.1, 0.15) is 11.9 Å². The van der Waals surface area contributed by atoms with Gasteiger partial charge in [0.25, 0.3) is 0 Å². The van der Waals surface area contributed by atoms with Crippen molar-refractivity contribution in [3.8, 4) is 5.88 Å². The van der Waals surface area contributed by atoms with Crippen LogP contribution in [0, 0.1) is 0 Å². The van der Waals surface area contributed by atoms with Gasteiger partial charge in [0.05, 0.1) is 19.0 Å². The highest BCUT2D eigenvalue weighted by molar-refractivity contribution is 5.51. The summed E-state index contributed by atoms with van der Waals surface area (Å²) in [6.07, 6.45) is 10.7. The van der Waals surface area contributed by atoms with E-state index in [1.165, 1.54) is 19.3 Å². The molecule has 3 aliphatic heterocycles. The molecule has 0 radical (unpaired) electrons. The molecule has 0 amide bonds. The van der Waals surface area contributed by atoms with E-state index >= 15 is 0 Å². The van der Waals surface area contributed by atoms with Crippen molar-refractivity contribution in [3.05, 3.63) is 24.2 Å². The van der Waals surface area contributed by atoms with Gasteiger partial charge < -0.3 is 19.7 Å². The van der Waals surface area contributed by atoms with Gasteiger partial charge in [-0.2, -0.15) is 5.10 Å². The molecule has 2 aromatic heterocycles. The minimum Gasteiger partial charge on any atom is -0.473 e. The first-order valence-corrected chi connectivity index (χ1v) is 10.4. The number of aromatic nitrogens is 4. The van der Waals surface area contributed by atoms with Gasteiger partial charge in [-0.05, 0) is 39.2 Å². The van der Waals surface area contributed by atoms with Crippen molar-refractivity contribution in [1.82, 2.24) is 25.1 Å². The molecule has 2 unspecified atom stereocenters. The summed E-state index contributed by atoms with van der Waals surface area (Å²) in [5.41, 5.74) is 1.10. The first kappa shape index (κ1) is 17.9. The van der Waals surface area contributed by atoms with Crippen LogP contribution in [0.15, 0.2) is 18.5 Å². The van der Waals surface area contributed by atoms with Crippen molar-refractivity contribution < 1.29 is 9.47 Å². The molecular weight excluding hydrogens is 356 g/mol. The molecule has 0 spiro atoms. The molecule has 3 fully saturated rings. The van der Waals surface area contributed by atoms with Gasteiger partial charge >= 0.3 is 0 Å². The Balaban J connectivity index is 1.18. The topological polar surface area (TPSA) is 88.2 Å². The number of piperidine rings is 2. The van der Waals surface area contributed by atoms with E-state index in [1.54, 1.807) is 12.4 Å². The van der Waals surface area contributed by atoms with Gasteiger partial charge in [-0.15, -0.1) is 0 Å². The zero-order chi connectivity index (χ0) is 18.9. The van der Waals surface area contributed by atoms with E-state index in [2.05, 4.69) is 37.4 Å². The second-order valence-electron chi connectivity index (χ2n) is 8.25. The molecule has 3 saturated heterocycles. The van der Waals surface area contributed by atoms with Crippen molar-refractivity contribution in [3.63, 3.8) is 0 Å². The second kappa shape index (κ2) is 7.67. The van der Waals surface area contributed by atoms with E-state index in [0.717, 1.165) is 44.0 Å². The summed E-state index contributed by atoms with van der Waals surface area (Å²) in [6, 6.07) is 3.30. The number of nitrogens with one attached hydrogen (secondary N) is 2. The molecule has 5 rings (SSSR count). The minimum atomic E-state index is 0.238. The number of rotatable bonds is 5. The predicted molar refractivity (Wildman–Crippen MR) is 105 cm³/mol. The van der Waals surface area contributed by atoms with Gasteiger partial charge in [-0.25, -0.2) is 9.97 Å². The van der Waals surface area contributed by atoms with Crippen LogP contribution in [0.2, 0.25) is 0 Å². The Bertz CT molecular complexity index is 774. The highest BCUT2D eigenvalue weighted by Crippen LogP contribution is 2.34. The normalized spacial score (nSPS) is 30.3. The SMILES string of the molecule is CN1C2CCCC1CC(Oc1cnc(Nc3cc([C@@H]4CCOC4)[nH]n3)cn1)C2. The van der Waals surface area contributed by atoms with Crippen LogP contribution >= 0.6 is 0 Å². The number of H-pyrrole nitrogens is 1. The molecule has 2 N–H and O–H groups in total. The lowest BCUT2D eigenvalue weighted by molar-refractivity contribution is -0.00156. The van der Waals surface area contributed by atoms with Crippen LogP contribution in [-0.4, -0.2) is 63.5 Å². The number of fused-ring (bicyclic) bond motifs is 2. The number of aromatic amines is 1. The third-order valence-electron chi connectivity index (χ3n) is 6.44. The van der Waals surface area contributed by atoms with Crippen LogP contribution in [0.4, 0.5) is 11.6 Å². The van der Waals surface area contributed by atoms with E-state index in [0.29, 0.717) is 29.7 Å². The van der Waals surface area contributed by atoms with Crippen LogP contribution < -0.4 is 10.1 Å². The standard InChI is InChI=1S/C20H28N6O2/c1-26-14-3-2-4-15(26)8-16(7-14)28-20-11-21-19(10-22-20)23-18-9-17(24-25-18)13-5-6-27-12-13/h9-11,13-16H,2-8,12H2,1H3,(H2,21,23,24,25)/t13-,14?,15?,16?/m1/s1. The molecule has 2 aromatic rings. The summed E-state index contributed by atoms with van der Waals surface area (Å²) in [5.74, 6) is 2.41. The molecule has 8 nitrogen and oxygen atoms in total. The molecule has 2 bridgehead atoms. The lowest BCUT2D eigenvalue weighted by Gasteiger charge is -2.46. The fourth-order valence-corrected chi connectivity index (χ4v) is 4.80. The number of hydrogen-bond acceptors (Lipinski definition) is 7. The molecule has 0 aromatic carbocycles. The Morgan fingerprint density at radius 3 is 2.71 bits per heavy atom. The molecule has 3 aliphatic rings. The fraction of sp³-hybridized carbons (Fsp3) is 0.650. The van der Waals surface area contributed by atoms with Crippen LogP contribution in [0.5, 0.6) is 5.88 Å². The fourth-order valence-electron chi connectivity index (χ4n) is 4.80. The molecular formula is C20H28N6O2. The number of ether oxygens (including phenoxy) is 2. The van der Waals surface area contributed by atoms with Gasteiger partial charge in [0.2, 0.25) is 5.88 Å². The van der Waals surface area contributed by atoms with Crippen molar-refractivity contribution in [2.45, 2.75) is 62.6 Å². The zero-order valence-corrected chi connectivity index (χ0v) is 16.3. The van der Waals surface area contributed by atoms with Crippen LogP contribution in [-0.2, 0) is 4.74 Å². The maximum Gasteiger partial charge on any atom is 0.232 e. The number of nitrogens with zero attached hydrogens (tertiary/aromatic N) is 4. The van der Waals surface area contributed by atoms with Crippen molar-refractivity contribution >= 4 is 11.6 Å². The van der Waals surface area contributed by atoms with Gasteiger partial charge in [0.15, 0.2) is 5.82 Å². The Hall–Kier alpha value is -2.19. The van der Waals surface area contributed by atoms with E-state index in [-0.39, 0.29) is 6.10 Å². The molecule has 150 valence electrons. The Morgan fingerprint density at radius 2 is 2.00 bits per heavy atom. The molecule has 28 heavy (non-hydrogen) atoms. The lowest BCUT2D eigenvalue weighted by Crippen LogP contribution is -2.52. The highest BCUT2D eigenvalue weighted by atomic mass is 16.5. The summed E-state index contributed by atoms with van der Waals surface area (Å²) >= 11 is 0. The minimum absolute atomic E-state index is 0.238. The first-order valence-electron chi connectivity index (χ1n) is 10.4.